The van der Waals surface area contributed by atoms with E-state index in [1.807, 2.05) is 24.3 Å². The number of sulfonamides is 1. The second kappa shape index (κ2) is 11.8. The molecule has 2 aromatic rings. The maximum Gasteiger partial charge on any atom is 0.320 e. The van der Waals surface area contributed by atoms with E-state index in [9.17, 15) is 22.8 Å². The van der Waals surface area contributed by atoms with Gasteiger partial charge in [-0.05, 0) is 72.7 Å². The molecular formula is C30H36BrN5O7S. The molecule has 44 heavy (non-hydrogen) atoms. The van der Waals surface area contributed by atoms with E-state index < -0.39 is 44.8 Å². The molecule has 12 nitrogen and oxygen atoms in total. The van der Waals surface area contributed by atoms with Gasteiger partial charge in [0.05, 0.1) is 23.4 Å². The van der Waals surface area contributed by atoms with Crippen molar-refractivity contribution in [3.05, 3.63) is 41.0 Å². The number of hydrogen-bond acceptors (Lipinski definition) is 8. The second-order valence-corrected chi connectivity index (χ2v) is 14.8. The molecule has 2 aliphatic heterocycles. The Hall–Kier alpha value is -3.39. The number of pyridine rings is 1. The van der Waals surface area contributed by atoms with Gasteiger partial charge in [-0.15, -0.1) is 0 Å². The van der Waals surface area contributed by atoms with Crippen LogP contribution in [0, 0.1) is 5.92 Å². The van der Waals surface area contributed by atoms with Crippen molar-refractivity contribution in [2.24, 2.45) is 5.92 Å². The zero-order valence-corrected chi connectivity index (χ0v) is 27.0. The highest BCUT2D eigenvalue weighted by Gasteiger charge is 2.62. The third kappa shape index (κ3) is 5.85. The summed E-state index contributed by atoms with van der Waals surface area (Å²) in [6, 6.07) is 4.24. The summed E-state index contributed by atoms with van der Waals surface area (Å²) >= 11 is 3.58. The fraction of sp³-hybridized carbons (Fsp3) is 0.533. The summed E-state index contributed by atoms with van der Waals surface area (Å²) < 4.78 is 40.0. The summed E-state index contributed by atoms with van der Waals surface area (Å²) in [6.07, 6.45) is 8.73. The fourth-order valence-electron chi connectivity index (χ4n) is 6.08. The van der Waals surface area contributed by atoms with Gasteiger partial charge >= 0.3 is 6.03 Å². The molecule has 1 aromatic heterocycles. The number of carbonyl (C=O) groups excluding carboxylic acids is 3. The van der Waals surface area contributed by atoms with Gasteiger partial charge in [-0.25, -0.2) is 18.2 Å². The van der Waals surface area contributed by atoms with E-state index in [0.717, 1.165) is 34.5 Å². The number of ether oxygens (including phenoxy) is 2. The number of nitrogens with one attached hydrogen (secondary N) is 2. The van der Waals surface area contributed by atoms with Crippen LogP contribution in [0.5, 0.6) is 11.6 Å². The zero-order valence-electron chi connectivity index (χ0n) is 24.6. The van der Waals surface area contributed by atoms with Crippen LogP contribution in [0.2, 0.25) is 0 Å². The molecule has 1 aromatic carbocycles. The van der Waals surface area contributed by atoms with E-state index in [0.29, 0.717) is 31.0 Å². The topological polar surface area (TPSA) is 147 Å². The minimum absolute atomic E-state index is 0.134. The van der Waals surface area contributed by atoms with Gasteiger partial charge in [-0.1, -0.05) is 12.2 Å². The Bertz CT molecular complexity index is 1630. The SMILES string of the molecule is COc1ccc2c(OC3CC4C(=O)NC5(C(=O)NS(=O)(=O)C6CC6)CC5/C=C\CCCCN(C)C(=O)N4C3)nccc2c1Br. The van der Waals surface area contributed by atoms with Crippen LogP contribution in [-0.4, -0.2) is 91.2 Å². The van der Waals surface area contributed by atoms with Crippen LogP contribution in [0.4, 0.5) is 4.79 Å². The Balaban J connectivity index is 1.27. The van der Waals surface area contributed by atoms with Crippen LogP contribution in [0.1, 0.15) is 44.9 Å². The molecule has 1 saturated heterocycles. The number of amides is 4. The number of methoxy groups -OCH3 is 1. The second-order valence-electron chi connectivity index (χ2n) is 12.0. The fourth-order valence-corrected chi connectivity index (χ4v) is 8.08. The molecule has 14 heteroatoms. The Morgan fingerprint density at radius 3 is 2.73 bits per heavy atom. The number of fused-ring (bicyclic) bond motifs is 3. The van der Waals surface area contributed by atoms with Crippen LogP contribution >= 0.6 is 15.9 Å². The number of rotatable bonds is 6. The van der Waals surface area contributed by atoms with Crippen molar-refractivity contribution in [3.8, 4) is 11.6 Å². The maximum absolute atomic E-state index is 13.9. The summed E-state index contributed by atoms with van der Waals surface area (Å²) in [4.78, 5) is 48.5. The van der Waals surface area contributed by atoms with Gasteiger partial charge in [-0.3, -0.25) is 14.3 Å². The monoisotopic (exact) mass is 689 g/mol. The van der Waals surface area contributed by atoms with Crippen molar-refractivity contribution in [3.63, 3.8) is 0 Å². The van der Waals surface area contributed by atoms with Gasteiger partial charge in [0.2, 0.25) is 21.8 Å². The predicted octanol–water partition coefficient (Wildman–Crippen LogP) is 3.10. The number of aromatic nitrogens is 1. The number of urea groups is 1. The highest BCUT2D eigenvalue weighted by molar-refractivity contribution is 9.10. The van der Waals surface area contributed by atoms with Gasteiger partial charge < -0.3 is 24.6 Å². The molecule has 4 atom stereocenters. The number of benzene rings is 1. The first-order valence-corrected chi connectivity index (χ1v) is 17.2. The van der Waals surface area contributed by atoms with Crippen molar-refractivity contribution < 1.29 is 32.3 Å². The third-order valence-electron chi connectivity index (χ3n) is 8.89. The van der Waals surface area contributed by atoms with Crippen molar-refractivity contribution in [2.45, 2.75) is 67.9 Å². The molecule has 3 heterocycles. The number of allylic oxidation sites excluding steroid dienone is 1. The van der Waals surface area contributed by atoms with Crippen LogP contribution in [0.25, 0.3) is 10.8 Å². The lowest BCUT2D eigenvalue weighted by atomic mass is 10.1. The summed E-state index contributed by atoms with van der Waals surface area (Å²) in [5, 5.41) is 3.87. The van der Waals surface area contributed by atoms with Crippen molar-refractivity contribution in [1.29, 1.82) is 0 Å². The number of nitrogens with zero attached hydrogens (tertiary/aromatic N) is 3. The molecule has 0 spiro atoms. The van der Waals surface area contributed by atoms with E-state index in [4.69, 9.17) is 9.47 Å². The van der Waals surface area contributed by atoms with E-state index in [2.05, 4.69) is 31.0 Å². The molecule has 0 bridgehead atoms. The van der Waals surface area contributed by atoms with Crippen LogP contribution in [0.3, 0.4) is 0 Å². The molecule has 4 aliphatic rings. The standard InChI is InChI=1S/C30H36BrN5O7S/c1-35-14-6-4-3-5-7-18-16-30(18,28(38)34-44(40,41)20-8-9-20)33-26(37)23-15-19(17-36(23)29(35)39)43-27-22-10-11-24(42-2)25(31)21(22)12-13-32-27/h5,7,10-13,18-20,23H,3-4,6,8-9,14-17H2,1-2H3,(H,33,37)(H,34,38)/b7-5-. The molecule has 2 saturated carbocycles. The van der Waals surface area contributed by atoms with Crippen molar-refractivity contribution in [1.82, 2.24) is 24.8 Å². The quantitative estimate of drug-likeness (QED) is 0.440. The third-order valence-corrected chi connectivity index (χ3v) is 11.5. The lowest BCUT2D eigenvalue weighted by molar-refractivity contribution is -0.131. The number of carbonyl (C=O) groups is 3. The normalized spacial score (nSPS) is 28.4. The zero-order chi connectivity index (χ0) is 31.2. The minimum Gasteiger partial charge on any atom is -0.496 e. The summed E-state index contributed by atoms with van der Waals surface area (Å²) in [6.45, 7) is 0.661. The molecule has 2 N–H and O–H groups in total. The maximum atomic E-state index is 13.9. The molecule has 4 unspecified atom stereocenters. The van der Waals surface area contributed by atoms with Crippen LogP contribution < -0.4 is 19.5 Å². The number of hydrogen-bond donors (Lipinski definition) is 2. The van der Waals surface area contributed by atoms with Crippen molar-refractivity contribution >= 4 is 54.6 Å². The molecule has 0 radical (unpaired) electrons. The Labute approximate surface area is 264 Å². The minimum atomic E-state index is -3.81. The first kappa shape index (κ1) is 30.6. The Morgan fingerprint density at radius 2 is 1.98 bits per heavy atom. The molecule has 6 rings (SSSR count). The van der Waals surface area contributed by atoms with E-state index in [-0.39, 0.29) is 31.3 Å². The predicted molar refractivity (Wildman–Crippen MR) is 166 cm³/mol. The lowest BCUT2D eigenvalue weighted by Crippen LogP contribution is -2.57. The molecule has 4 amide bonds. The average molecular weight is 691 g/mol. The van der Waals surface area contributed by atoms with E-state index in [1.54, 1.807) is 31.3 Å². The van der Waals surface area contributed by atoms with Gasteiger partial charge in [-0.2, -0.15) is 0 Å². The van der Waals surface area contributed by atoms with E-state index in [1.165, 1.54) is 4.90 Å². The Morgan fingerprint density at radius 1 is 1.18 bits per heavy atom. The summed E-state index contributed by atoms with van der Waals surface area (Å²) in [5.74, 6) is -0.590. The molecule has 3 fully saturated rings. The van der Waals surface area contributed by atoms with Crippen LogP contribution in [0.15, 0.2) is 41.0 Å². The largest absolute Gasteiger partial charge is 0.496 e. The van der Waals surface area contributed by atoms with Gasteiger partial charge in [0.15, 0.2) is 0 Å². The van der Waals surface area contributed by atoms with Gasteiger partial charge in [0.25, 0.3) is 5.91 Å². The van der Waals surface area contributed by atoms with E-state index >= 15 is 0 Å². The van der Waals surface area contributed by atoms with Gasteiger partial charge in [0.1, 0.15) is 23.4 Å². The molecular weight excluding hydrogens is 654 g/mol. The van der Waals surface area contributed by atoms with Crippen molar-refractivity contribution in [2.75, 3.05) is 27.2 Å². The summed E-state index contributed by atoms with van der Waals surface area (Å²) in [7, 11) is -0.521. The summed E-state index contributed by atoms with van der Waals surface area (Å²) in [5.41, 5.74) is -1.40. The van der Waals surface area contributed by atoms with Crippen LogP contribution in [-0.2, 0) is 19.6 Å². The van der Waals surface area contributed by atoms with Gasteiger partial charge in [0, 0.05) is 42.9 Å². The lowest BCUT2D eigenvalue weighted by Gasteiger charge is -2.30. The Kier molecular flexibility index (Phi) is 8.24. The first-order valence-electron chi connectivity index (χ1n) is 14.9. The first-order chi connectivity index (χ1) is 21.0. The highest BCUT2D eigenvalue weighted by atomic mass is 79.9. The molecule has 2 aliphatic carbocycles. The smallest absolute Gasteiger partial charge is 0.320 e. The molecule has 236 valence electrons. The average Bonchev–Trinajstić information content (AvgIpc) is 3.92. The highest BCUT2D eigenvalue weighted by Crippen LogP contribution is 2.46. The number of halogens is 1.